The molecule has 0 radical (unpaired) electrons. The average Bonchev–Trinajstić information content (AvgIpc) is 3.14. The van der Waals surface area contributed by atoms with Gasteiger partial charge in [0.05, 0.1) is 43.5 Å². The van der Waals surface area contributed by atoms with E-state index in [-0.39, 0.29) is 23.2 Å². The molecule has 1 N–H and O–H groups in total. The molecule has 0 atom stereocenters. The fourth-order valence-electron chi connectivity index (χ4n) is 6.76. The Morgan fingerprint density at radius 3 is 2.58 bits per heavy atom. The Morgan fingerprint density at radius 1 is 0.960 bits per heavy atom. The number of methoxy groups -OCH3 is 1. The third kappa shape index (κ3) is 7.26. The molecule has 2 fully saturated rings. The molecule has 1 amide bonds. The van der Waals surface area contributed by atoms with Crippen molar-refractivity contribution in [2.75, 3.05) is 51.9 Å². The molecule has 3 heterocycles. The molecule has 1 aliphatic carbocycles. The van der Waals surface area contributed by atoms with E-state index < -0.39 is 17.3 Å². The Balaban J connectivity index is 1.07. The van der Waals surface area contributed by atoms with Crippen molar-refractivity contribution in [1.29, 1.82) is 0 Å². The highest BCUT2D eigenvalue weighted by atomic mass is 19.1. The first kappa shape index (κ1) is 33.4. The molecule has 3 aromatic carbocycles. The Labute approximate surface area is 288 Å². The van der Waals surface area contributed by atoms with E-state index in [4.69, 9.17) is 18.9 Å². The summed E-state index contributed by atoms with van der Waals surface area (Å²) in [5.41, 5.74) is 1.34. The van der Waals surface area contributed by atoms with Gasteiger partial charge in [0, 0.05) is 55.1 Å². The van der Waals surface area contributed by atoms with Gasteiger partial charge < -0.3 is 28.8 Å². The quantitative estimate of drug-likeness (QED) is 0.151. The molecule has 7 rings (SSSR count). The molecule has 2 aliphatic rings. The lowest BCUT2D eigenvalue weighted by atomic mass is 9.95. The van der Waals surface area contributed by atoms with Crippen molar-refractivity contribution in [3.63, 3.8) is 0 Å². The number of anilines is 1. The number of pyridine rings is 1. The van der Waals surface area contributed by atoms with Gasteiger partial charge in [0.1, 0.15) is 5.75 Å². The standard InChI is InChI=1S/C38H40FN5O6/c1-47-34-23-27-30(24-35(34)49-19-7-16-43-17-20-48-21-18-43)40-15-14-32(27)50-33-13-12-25(22-28(33)39)41-37(45)36-38(46)44(26-8-3-2-4-9-26)31-11-6-5-10-29(31)42-36/h5-6,10-15,22-24,26H,2-4,7-9,16-21H2,1H3,(H,41,45). The number of morpholine rings is 1. The summed E-state index contributed by atoms with van der Waals surface area (Å²) in [6.45, 7) is 4.80. The summed E-state index contributed by atoms with van der Waals surface area (Å²) in [5, 5.41) is 3.27. The number of amides is 1. The van der Waals surface area contributed by atoms with Crippen LogP contribution in [-0.2, 0) is 4.74 Å². The van der Waals surface area contributed by atoms with Crippen molar-refractivity contribution < 1.29 is 28.1 Å². The fourth-order valence-corrected chi connectivity index (χ4v) is 6.76. The van der Waals surface area contributed by atoms with Crippen LogP contribution in [0.3, 0.4) is 0 Å². The van der Waals surface area contributed by atoms with E-state index in [1.807, 2.05) is 18.2 Å². The van der Waals surface area contributed by atoms with Gasteiger partial charge in [-0.25, -0.2) is 9.37 Å². The number of benzene rings is 3. The van der Waals surface area contributed by atoms with E-state index in [0.29, 0.717) is 45.8 Å². The largest absolute Gasteiger partial charge is 0.493 e. The van der Waals surface area contributed by atoms with E-state index >= 15 is 4.39 Å². The Bertz CT molecular complexity index is 2060. The number of nitrogens with one attached hydrogen (secondary N) is 1. The van der Waals surface area contributed by atoms with Crippen molar-refractivity contribution in [1.82, 2.24) is 19.4 Å². The predicted octanol–water partition coefficient (Wildman–Crippen LogP) is 6.74. The minimum absolute atomic E-state index is 0.00139. The number of carbonyl (C=O) groups excluding carboxylic acids is 1. The van der Waals surface area contributed by atoms with Crippen molar-refractivity contribution in [3.8, 4) is 23.0 Å². The Kier molecular flexibility index (Phi) is 10.2. The van der Waals surface area contributed by atoms with Crippen molar-refractivity contribution >= 4 is 33.5 Å². The zero-order chi connectivity index (χ0) is 34.5. The van der Waals surface area contributed by atoms with Crippen LogP contribution in [-0.4, -0.2) is 71.9 Å². The van der Waals surface area contributed by atoms with Crippen LogP contribution in [0.25, 0.3) is 21.9 Å². The van der Waals surface area contributed by atoms with Crippen LogP contribution in [0.5, 0.6) is 23.0 Å². The number of ether oxygens (including phenoxy) is 4. The molecule has 0 spiro atoms. The van der Waals surface area contributed by atoms with E-state index in [2.05, 4.69) is 20.2 Å². The first-order valence-electron chi connectivity index (χ1n) is 17.2. The number of hydrogen-bond acceptors (Lipinski definition) is 9. The van der Waals surface area contributed by atoms with E-state index in [1.165, 1.54) is 12.1 Å². The number of para-hydroxylation sites is 2. The van der Waals surface area contributed by atoms with Gasteiger partial charge in [-0.05, 0) is 55.7 Å². The molecule has 1 aliphatic heterocycles. The summed E-state index contributed by atoms with van der Waals surface area (Å²) in [6.07, 6.45) is 7.34. The maximum Gasteiger partial charge on any atom is 0.282 e. The molecule has 260 valence electrons. The molecule has 0 unspecified atom stereocenters. The third-order valence-electron chi connectivity index (χ3n) is 9.33. The molecule has 12 heteroatoms. The molecule has 2 aromatic heterocycles. The number of aromatic nitrogens is 3. The monoisotopic (exact) mass is 681 g/mol. The van der Waals surface area contributed by atoms with E-state index in [9.17, 15) is 9.59 Å². The molecule has 50 heavy (non-hydrogen) atoms. The van der Waals surface area contributed by atoms with Gasteiger partial charge in [-0.2, -0.15) is 0 Å². The SMILES string of the molecule is COc1cc2c(Oc3ccc(NC(=O)c4nc5ccccc5n(C5CCCCC5)c4=O)cc3F)ccnc2cc1OCCCN1CCOCC1. The third-order valence-corrected chi connectivity index (χ3v) is 9.33. The van der Waals surface area contributed by atoms with Gasteiger partial charge in [-0.1, -0.05) is 31.4 Å². The highest BCUT2D eigenvalue weighted by Gasteiger charge is 2.24. The zero-order valence-electron chi connectivity index (χ0n) is 28.0. The molecular weight excluding hydrogens is 641 g/mol. The Hall–Kier alpha value is -5.07. The lowest BCUT2D eigenvalue weighted by molar-refractivity contribution is 0.0357. The Morgan fingerprint density at radius 2 is 1.78 bits per heavy atom. The molecule has 5 aromatic rings. The summed E-state index contributed by atoms with van der Waals surface area (Å²) in [7, 11) is 1.56. The van der Waals surface area contributed by atoms with Gasteiger partial charge in [0.2, 0.25) is 0 Å². The zero-order valence-corrected chi connectivity index (χ0v) is 28.0. The highest BCUT2D eigenvalue weighted by molar-refractivity contribution is 6.03. The fraction of sp³-hybridized carbons (Fsp3) is 0.368. The second kappa shape index (κ2) is 15.2. The van der Waals surface area contributed by atoms with Crippen LogP contribution in [0.2, 0.25) is 0 Å². The molecule has 1 saturated carbocycles. The second-order valence-electron chi connectivity index (χ2n) is 12.6. The second-order valence-corrected chi connectivity index (χ2v) is 12.6. The summed E-state index contributed by atoms with van der Waals surface area (Å²) >= 11 is 0. The van der Waals surface area contributed by atoms with Crippen molar-refractivity contribution in [3.05, 3.63) is 88.7 Å². The van der Waals surface area contributed by atoms with Gasteiger partial charge in [0.25, 0.3) is 11.5 Å². The lowest BCUT2D eigenvalue weighted by Crippen LogP contribution is -2.37. The average molecular weight is 682 g/mol. The minimum atomic E-state index is -0.704. The highest BCUT2D eigenvalue weighted by Crippen LogP contribution is 2.38. The van der Waals surface area contributed by atoms with Gasteiger partial charge >= 0.3 is 0 Å². The number of halogens is 1. The van der Waals surface area contributed by atoms with Gasteiger partial charge in [0.15, 0.2) is 28.8 Å². The normalized spacial score (nSPS) is 15.6. The molecule has 11 nitrogen and oxygen atoms in total. The number of fused-ring (bicyclic) bond motifs is 2. The summed E-state index contributed by atoms with van der Waals surface area (Å²) in [4.78, 5) is 38.3. The smallest absolute Gasteiger partial charge is 0.282 e. The van der Waals surface area contributed by atoms with E-state index in [0.717, 1.165) is 77.4 Å². The van der Waals surface area contributed by atoms with E-state index in [1.54, 1.807) is 42.1 Å². The van der Waals surface area contributed by atoms with Crippen LogP contribution < -0.4 is 25.1 Å². The predicted molar refractivity (Wildman–Crippen MR) is 188 cm³/mol. The summed E-state index contributed by atoms with van der Waals surface area (Å²) in [6, 6.07) is 16.6. The molecule has 0 bridgehead atoms. The summed E-state index contributed by atoms with van der Waals surface area (Å²) < 4.78 is 40.3. The van der Waals surface area contributed by atoms with Gasteiger partial charge in [-0.3, -0.25) is 19.5 Å². The van der Waals surface area contributed by atoms with Gasteiger partial charge in [-0.15, -0.1) is 0 Å². The topological polar surface area (TPSA) is 117 Å². The molecular formula is C38H40FN5O6. The number of rotatable bonds is 11. The summed E-state index contributed by atoms with van der Waals surface area (Å²) in [5.74, 6) is -0.0296. The number of nitrogens with zero attached hydrogens (tertiary/aromatic N) is 4. The lowest BCUT2D eigenvalue weighted by Gasteiger charge is -2.26. The van der Waals surface area contributed by atoms with Crippen molar-refractivity contribution in [2.24, 2.45) is 0 Å². The van der Waals surface area contributed by atoms with Crippen molar-refractivity contribution in [2.45, 2.75) is 44.6 Å². The number of hydrogen-bond donors (Lipinski definition) is 1. The van der Waals surface area contributed by atoms with Crippen LogP contribution in [0.1, 0.15) is 55.1 Å². The minimum Gasteiger partial charge on any atom is -0.493 e. The molecule has 1 saturated heterocycles. The first-order chi connectivity index (χ1) is 24.5. The maximum atomic E-state index is 15.5. The first-order valence-corrected chi connectivity index (χ1v) is 17.2. The van der Waals surface area contributed by atoms with Crippen LogP contribution in [0.4, 0.5) is 10.1 Å². The van der Waals surface area contributed by atoms with Crippen LogP contribution in [0.15, 0.2) is 71.7 Å². The number of carbonyl (C=O) groups is 1. The van der Waals surface area contributed by atoms with Crippen LogP contribution in [0, 0.1) is 5.82 Å². The van der Waals surface area contributed by atoms with Crippen LogP contribution >= 0.6 is 0 Å². The maximum absolute atomic E-state index is 15.5.